The molecule has 1 aromatic heterocycles. The largest absolute Gasteiger partial charge is 0.379 e. The number of thiazole rings is 1. The molecule has 6 nitrogen and oxygen atoms in total. The molecule has 1 aromatic carbocycles. The zero-order valence-corrected chi connectivity index (χ0v) is 15.8. The molecule has 1 saturated heterocycles. The molecule has 3 rings (SSSR count). The van der Waals surface area contributed by atoms with Crippen LogP contribution < -0.4 is 10.2 Å². The number of ether oxygens (including phenoxy) is 1. The minimum absolute atomic E-state index is 0.0109. The predicted molar refractivity (Wildman–Crippen MR) is 103 cm³/mol. The van der Waals surface area contributed by atoms with Crippen molar-refractivity contribution in [1.29, 1.82) is 0 Å². The number of hydrogen-bond donors (Lipinski definition) is 1. The van der Waals surface area contributed by atoms with Crippen molar-refractivity contribution in [2.24, 2.45) is 0 Å². The van der Waals surface area contributed by atoms with Crippen molar-refractivity contribution < 1.29 is 9.53 Å². The number of aryl methyl sites for hydroxylation is 1. The van der Waals surface area contributed by atoms with E-state index in [1.54, 1.807) is 4.57 Å². The Kier molecular flexibility index (Phi) is 6.60. The summed E-state index contributed by atoms with van der Waals surface area (Å²) in [6.45, 7) is 6.29. The van der Waals surface area contributed by atoms with Gasteiger partial charge in [0.2, 0.25) is 5.91 Å². The van der Waals surface area contributed by atoms with Gasteiger partial charge in [-0.05, 0) is 12.5 Å². The van der Waals surface area contributed by atoms with Gasteiger partial charge in [0.05, 0.1) is 19.3 Å². The highest BCUT2D eigenvalue weighted by atomic mass is 32.1. The van der Waals surface area contributed by atoms with Gasteiger partial charge in [-0.1, -0.05) is 41.7 Å². The van der Waals surface area contributed by atoms with Crippen LogP contribution in [0.5, 0.6) is 0 Å². The fraction of sp³-hybridized carbons (Fsp3) is 0.474. The molecule has 1 amide bonds. The average Bonchev–Trinajstić information content (AvgIpc) is 2.99. The van der Waals surface area contributed by atoms with E-state index in [4.69, 9.17) is 4.74 Å². The second kappa shape index (κ2) is 9.12. The van der Waals surface area contributed by atoms with Crippen LogP contribution in [0.25, 0.3) is 0 Å². The van der Waals surface area contributed by atoms with E-state index in [9.17, 15) is 9.59 Å². The van der Waals surface area contributed by atoms with Crippen LogP contribution in [0, 0.1) is 6.92 Å². The molecule has 0 spiro atoms. The van der Waals surface area contributed by atoms with E-state index in [0.717, 1.165) is 44.1 Å². The highest BCUT2D eigenvalue weighted by molar-refractivity contribution is 7.07. The maximum Gasteiger partial charge on any atom is 0.307 e. The molecule has 0 radical (unpaired) electrons. The number of hydrogen-bond acceptors (Lipinski definition) is 5. The summed E-state index contributed by atoms with van der Waals surface area (Å²) in [5, 5.41) is 4.97. The van der Waals surface area contributed by atoms with Gasteiger partial charge in [0.25, 0.3) is 0 Å². The van der Waals surface area contributed by atoms with Crippen molar-refractivity contribution in [2.75, 3.05) is 32.8 Å². The summed E-state index contributed by atoms with van der Waals surface area (Å²) in [5.41, 5.74) is 2.00. The standard InChI is InChI=1S/C19H25N3O3S/c1-15-14-26-19(24)22(15)8-7-18(23)20-17(16-5-3-2-4-6-16)13-21-9-11-25-12-10-21/h2-6,14,17H,7-13H2,1H3,(H,20,23). The van der Waals surface area contributed by atoms with Crippen LogP contribution in [0.15, 0.2) is 40.5 Å². The molecule has 2 aromatic rings. The molecule has 0 bridgehead atoms. The smallest absolute Gasteiger partial charge is 0.307 e. The molecule has 1 atom stereocenters. The molecule has 1 fully saturated rings. The number of amides is 1. The summed E-state index contributed by atoms with van der Waals surface area (Å²) in [5.74, 6) is -0.0374. The van der Waals surface area contributed by atoms with E-state index in [1.807, 2.05) is 42.6 Å². The molecule has 1 unspecified atom stereocenters. The minimum Gasteiger partial charge on any atom is -0.379 e. The van der Waals surface area contributed by atoms with Crippen LogP contribution in [-0.4, -0.2) is 48.2 Å². The number of aromatic nitrogens is 1. The van der Waals surface area contributed by atoms with E-state index in [2.05, 4.69) is 10.2 Å². The summed E-state index contributed by atoms with van der Waals surface area (Å²) in [4.78, 5) is 26.6. The molecule has 1 aliphatic heterocycles. The lowest BCUT2D eigenvalue weighted by molar-refractivity contribution is -0.122. The number of rotatable bonds is 7. The number of carbonyl (C=O) groups is 1. The Balaban J connectivity index is 1.62. The van der Waals surface area contributed by atoms with Crippen molar-refractivity contribution in [3.05, 3.63) is 56.6 Å². The van der Waals surface area contributed by atoms with Crippen molar-refractivity contribution in [1.82, 2.24) is 14.8 Å². The first-order chi connectivity index (χ1) is 12.6. The summed E-state index contributed by atoms with van der Waals surface area (Å²) in [6, 6.07) is 9.97. The first-order valence-corrected chi connectivity index (χ1v) is 9.81. The van der Waals surface area contributed by atoms with Gasteiger partial charge in [0.15, 0.2) is 0 Å². The lowest BCUT2D eigenvalue weighted by Gasteiger charge is -2.31. The van der Waals surface area contributed by atoms with Crippen LogP contribution in [0.2, 0.25) is 0 Å². The first-order valence-electron chi connectivity index (χ1n) is 8.93. The highest BCUT2D eigenvalue weighted by Crippen LogP contribution is 2.15. The summed E-state index contributed by atoms with van der Waals surface area (Å²) < 4.78 is 7.07. The molecule has 0 saturated carbocycles. The molecular weight excluding hydrogens is 350 g/mol. The third-order valence-electron chi connectivity index (χ3n) is 4.62. The second-order valence-electron chi connectivity index (χ2n) is 6.49. The second-order valence-corrected chi connectivity index (χ2v) is 7.31. The fourth-order valence-electron chi connectivity index (χ4n) is 3.12. The van der Waals surface area contributed by atoms with Crippen LogP contribution >= 0.6 is 11.3 Å². The van der Waals surface area contributed by atoms with Gasteiger partial charge in [0.1, 0.15) is 0 Å². The highest BCUT2D eigenvalue weighted by Gasteiger charge is 2.20. The third-order valence-corrected chi connectivity index (χ3v) is 5.50. The van der Waals surface area contributed by atoms with Crippen molar-refractivity contribution in [3.8, 4) is 0 Å². The summed E-state index contributed by atoms with van der Waals surface area (Å²) in [7, 11) is 0. The zero-order valence-electron chi connectivity index (χ0n) is 15.0. The first kappa shape index (κ1) is 18.8. The van der Waals surface area contributed by atoms with Crippen LogP contribution in [0.4, 0.5) is 0 Å². The van der Waals surface area contributed by atoms with E-state index in [-0.39, 0.29) is 16.8 Å². The maximum absolute atomic E-state index is 12.5. The Morgan fingerprint density at radius 1 is 1.27 bits per heavy atom. The quantitative estimate of drug-likeness (QED) is 0.802. The number of nitrogens with one attached hydrogen (secondary N) is 1. The minimum atomic E-state index is -0.0675. The molecule has 1 N–H and O–H groups in total. The van der Waals surface area contributed by atoms with Gasteiger partial charge >= 0.3 is 4.87 Å². The maximum atomic E-state index is 12.5. The molecule has 7 heteroatoms. The number of benzene rings is 1. The van der Waals surface area contributed by atoms with Gasteiger partial charge in [0, 0.05) is 43.7 Å². The van der Waals surface area contributed by atoms with E-state index >= 15 is 0 Å². The number of nitrogens with zero attached hydrogens (tertiary/aromatic N) is 2. The van der Waals surface area contributed by atoms with E-state index in [1.165, 1.54) is 11.3 Å². The summed E-state index contributed by atoms with van der Waals surface area (Å²) >= 11 is 1.17. The van der Waals surface area contributed by atoms with E-state index < -0.39 is 0 Å². The normalized spacial score (nSPS) is 16.3. The van der Waals surface area contributed by atoms with E-state index in [0.29, 0.717) is 13.0 Å². The Morgan fingerprint density at radius 3 is 2.65 bits per heavy atom. The Labute approximate surface area is 157 Å². The van der Waals surface area contributed by atoms with Crippen molar-refractivity contribution in [2.45, 2.75) is 25.9 Å². The lowest BCUT2D eigenvalue weighted by atomic mass is 10.1. The zero-order chi connectivity index (χ0) is 18.4. The Hall–Kier alpha value is -1.96. The Morgan fingerprint density at radius 2 is 2.00 bits per heavy atom. The van der Waals surface area contributed by atoms with Gasteiger partial charge in [-0.2, -0.15) is 0 Å². The average molecular weight is 375 g/mol. The van der Waals surface area contributed by atoms with Gasteiger partial charge in [-0.25, -0.2) is 0 Å². The molecular formula is C19H25N3O3S. The number of morpholine rings is 1. The SMILES string of the molecule is Cc1csc(=O)n1CCC(=O)NC(CN1CCOCC1)c1ccccc1. The van der Waals surface area contributed by atoms with Crippen LogP contribution in [0.1, 0.15) is 23.7 Å². The lowest BCUT2D eigenvalue weighted by Crippen LogP contribution is -2.43. The van der Waals surface area contributed by atoms with Crippen LogP contribution in [0.3, 0.4) is 0 Å². The molecule has 140 valence electrons. The molecule has 2 heterocycles. The third kappa shape index (κ3) is 5.03. The fourth-order valence-corrected chi connectivity index (χ4v) is 3.88. The summed E-state index contributed by atoms with van der Waals surface area (Å²) in [6.07, 6.45) is 0.296. The Bertz CT molecular complexity index is 766. The van der Waals surface area contributed by atoms with Gasteiger partial charge in [-0.15, -0.1) is 0 Å². The van der Waals surface area contributed by atoms with Gasteiger partial charge < -0.3 is 14.6 Å². The molecule has 26 heavy (non-hydrogen) atoms. The number of carbonyl (C=O) groups excluding carboxylic acids is 1. The molecule has 0 aliphatic carbocycles. The predicted octanol–water partition coefficient (Wildman–Crippen LogP) is 1.80. The monoisotopic (exact) mass is 375 g/mol. The van der Waals surface area contributed by atoms with Gasteiger partial charge in [-0.3, -0.25) is 14.5 Å². The molecule has 1 aliphatic rings. The van der Waals surface area contributed by atoms with Crippen molar-refractivity contribution >= 4 is 17.2 Å². The van der Waals surface area contributed by atoms with Crippen LogP contribution in [-0.2, 0) is 16.1 Å². The topological polar surface area (TPSA) is 63.6 Å². The van der Waals surface area contributed by atoms with Crippen molar-refractivity contribution in [3.63, 3.8) is 0 Å².